The number of carbonyl (C=O) groups excluding carboxylic acids is 3. The van der Waals surface area contributed by atoms with Crippen LogP contribution in [-0.4, -0.2) is 42.7 Å². The summed E-state index contributed by atoms with van der Waals surface area (Å²) >= 11 is 0. The number of ether oxygens (including phenoxy) is 2. The zero-order chi connectivity index (χ0) is 15.8. The van der Waals surface area contributed by atoms with E-state index in [0.29, 0.717) is 0 Å². The molecule has 7 heteroatoms. The first kappa shape index (κ1) is 16.5. The zero-order valence-electron chi connectivity index (χ0n) is 11.8. The van der Waals surface area contributed by atoms with Crippen LogP contribution >= 0.6 is 0 Å². The molecule has 0 fully saturated rings. The van der Waals surface area contributed by atoms with Crippen molar-refractivity contribution >= 4 is 17.8 Å². The van der Waals surface area contributed by atoms with Crippen LogP contribution < -0.4 is 5.32 Å². The summed E-state index contributed by atoms with van der Waals surface area (Å²) in [6, 6.07) is 5.27. The lowest BCUT2D eigenvalue weighted by molar-refractivity contribution is -0.158. The molecular weight excluding hydrogens is 278 g/mol. The minimum Gasteiger partial charge on any atom is -0.508 e. The molecule has 0 saturated heterocycles. The summed E-state index contributed by atoms with van der Waals surface area (Å²) in [6.07, 6.45) is 0.180. The third-order valence-corrected chi connectivity index (χ3v) is 2.60. The van der Waals surface area contributed by atoms with Crippen LogP contribution in [0.2, 0.25) is 0 Å². The zero-order valence-corrected chi connectivity index (χ0v) is 11.8. The van der Waals surface area contributed by atoms with Crippen molar-refractivity contribution in [1.82, 2.24) is 5.32 Å². The van der Waals surface area contributed by atoms with E-state index in [1.165, 1.54) is 26.2 Å². The molecule has 0 radical (unpaired) electrons. The number of carbonyl (C=O) groups is 3. The minimum absolute atomic E-state index is 0.100. The molecule has 0 aromatic heterocycles. The Morgan fingerprint density at radius 2 is 1.86 bits per heavy atom. The van der Waals surface area contributed by atoms with Gasteiger partial charge in [0.25, 0.3) is 0 Å². The summed E-state index contributed by atoms with van der Waals surface area (Å²) in [5.74, 6) is -1.71. The van der Waals surface area contributed by atoms with Crippen molar-refractivity contribution in [2.24, 2.45) is 0 Å². The van der Waals surface area contributed by atoms with Crippen LogP contribution in [-0.2, 0) is 30.3 Å². The molecule has 1 amide bonds. The fourth-order valence-electron chi connectivity index (χ4n) is 1.60. The number of hydrogen-bond donors (Lipinski definition) is 2. The molecule has 0 aliphatic heterocycles. The van der Waals surface area contributed by atoms with E-state index in [4.69, 9.17) is 4.74 Å². The van der Waals surface area contributed by atoms with Crippen molar-refractivity contribution in [3.05, 3.63) is 29.8 Å². The Kier molecular flexibility index (Phi) is 6.19. The van der Waals surface area contributed by atoms with Crippen molar-refractivity contribution in [1.29, 1.82) is 0 Å². The Morgan fingerprint density at radius 1 is 1.24 bits per heavy atom. The quantitative estimate of drug-likeness (QED) is 0.725. The van der Waals surface area contributed by atoms with E-state index in [2.05, 4.69) is 10.1 Å². The average Bonchev–Trinajstić information content (AvgIpc) is 2.45. The Bertz CT molecular complexity index is 511. The molecule has 0 bridgehead atoms. The van der Waals surface area contributed by atoms with E-state index in [0.717, 1.165) is 5.56 Å². The Labute approximate surface area is 121 Å². The highest BCUT2D eigenvalue weighted by Gasteiger charge is 2.22. The van der Waals surface area contributed by atoms with Gasteiger partial charge in [-0.1, -0.05) is 12.1 Å². The number of benzene rings is 1. The largest absolute Gasteiger partial charge is 0.508 e. The van der Waals surface area contributed by atoms with Crippen molar-refractivity contribution in [2.75, 3.05) is 13.7 Å². The third kappa shape index (κ3) is 5.94. The summed E-state index contributed by atoms with van der Waals surface area (Å²) in [6.45, 7) is 0.762. The lowest BCUT2D eigenvalue weighted by Crippen LogP contribution is -2.42. The minimum atomic E-state index is -0.920. The number of rotatable bonds is 6. The molecule has 1 rings (SSSR count). The van der Waals surface area contributed by atoms with Gasteiger partial charge in [-0.2, -0.15) is 0 Å². The summed E-state index contributed by atoms with van der Waals surface area (Å²) < 4.78 is 9.14. The lowest BCUT2D eigenvalue weighted by atomic mass is 10.1. The smallest absolute Gasteiger partial charge is 0.344 e. The summed E-state index contributed by atoms with van der Waals surface area (Å²) in [4.78, 5) is 34.0. The van der Waals surface area contributed by atoms with Gasteiger partial charge >= 0.3 is 11.9 Å². The van der Waals surface area contributed by atoms with Crippen LogP contribution in [0.3, 0.4) is 0 Å². The number of nitrogens with one attached hydrogen (secondary N) is 1. The fourth-order valence-corrected chi connectivity index (χ4v) is 1.60. The molecule has 1 aromatic carbocycles. The van der Waals surface area contributed by atoms with Crippen LogP contribution in [0.4, 0.5) is 0 Å². The van der Waals surface area contributed by atoms with Crippen molar-refractivity contribution in [3.63, 3.8) is 0 Å². The number of esters is 2. The van der Waals surface area contributed by atoms with Crippen molar-refractivity contribution in [2.45, 2.75) is 19.4 Å². The Morgan fingerprint density at radius 3 is 2.38 bits per heavy atom. The van der Waals surface area contributed by atoms with Gasteiger partial charge in [-0.05, 0) is 17.7 Å². The lowest BCUT2D eigenvalue weighted by Gasteiger charge is -2.16. The maximum atomic E-state index is 11.9. The average molecular weight is 295 g/mol. The number of amides is 1. The maximum absolute atomic E-state index is 11.9. The standard InChI is InChI=1S/C14H17NO6/c1-9(16)15-12(14(19)21-8-13(18)20-2)7-10-3-5-11(17)6-4-10/h3-6,12,17H,7-8H2,1-2H3,(H,15,16)/t12-/m1/s1. The van der Waals surface area contributed by atoms with E-state index in [9.17, 15) is 19.5 Å². The highest BCUT2D eigenvalue weighted by atomic mass is 16.6. The first-order chi connectivity index (χ1) is 9.92. The second-order valence-corrected chi connectivity index (χ2v) is 4.31. The Hall–Kier alpha value is -2.57. The van der Waals surface area contributed by atoms with Gasteiger partial charge < -0.3 is 19.9 Å². The number of phenolic OH excluding ortho intramolecular Hbond substituents is 1. The molecule has 21 heavy (non-hydrogen) atoms. The van der Waals surface area contributed by atoms with Crippen LogP contribution in [0.5, 0.6) is 5.75 Å². The van der Waals surface area contributed by atoms with Crippen LogP contribution in [0.1, 0.15) is 12.5 Å². The van der Waals surface area contributed by atoms with Crippen LogP contribution in [0.15, 0.2) is 24.3 Å². The van der Waals surface area contributed by atoms with Gasteiger partial charge in [0.05, 0.1) is 7.11 Å². The van der Waals surface area contributed by atoms with Crippen LogP contribution in [0, 0.1) is 0 Å². The molecule has 0 saturated carbocycles. The van der Waals surface area contributed by atoms with E-state index in [-0.39, 0.29) is 12.2 Å². The van der Waals surface area contributed by atoms with E-state index in [1.54, 1.807) is 12.1 Å². The molecule has 1 atom stereocenters. The summed E-state index contributed by atoms with van der Waals surface area (Å²) in [5, 5.41) is 11.7. The van der Waals surface area contributed by atoms with Gasteiger partial charge in [-0.15, -0.1) is 0 Å². The summed E-state index contributed by atoms with van der Waals surface area (Å²) in [7, 11) is 1.18. The number of aromatic hydroxyl groups is 1. The van der Waals surface area contributed by atoms with E-state index >= 15 is 0 Å². The molecule has 0 heterocycles. The highest BCUT2D eigenvalue weighted by molar-refractivity contribution is 5.84. The number of hydrogen-bond acceptors (Lipinski definition) is 6. The first-order valence-corrected chi connectivity index (χ1v) is 6.21. The van der Waals surface area contributed by atoms with E-state index < -0.39 is 30.5 Å². The molecule has 0 spiro atoms. The molecule has 114 valence electrons. The highest BCUT2D eigenvalue weighted by Crippen LogP contribution is 2.12. The number of phenols is 1. The second kappa shape index (κ2) is 7.88. The number of methoxy groups -OCH3 is 1. The molecular formula is C14H17NO6. The van der Waals surface area contributed by atoms with E-state index in [1.807, 2.05) is 0 Å². The van der Waals surface area contributed by atoms with Gasteiger partial charge in [0.1, 0.15) is 11.8 Å². The molecule has 0 unspecified atom stereocenters. The fraction of sp³-hybridized carbons (Fsp3) is 0.357. The topological polar surface area (TPSA) is 102 Å². The van der Waals surface area contributed by atoms with Gasteiger partial charge in [0, 0.05) is 13.3 Å². The van der Waals surface area contributed by atoms with Crippen LogP contribution in [0.25, 0.3) is 0 Å². The van der Waals surface area contributed by atoms with Gasteiger partial charge in [-0.3, -0.25) is 4.79 Å². The van der Waals surface area contributed by atoms with Crippen molar-refractivity contribution < 1.29 is 29.0 Å². The molecule has 0 aliphatic carbocycles. The monoisotopic (exact) mass is 295 g/mol. The third-order valence-electron chi connectivity index (χ3n) is 2.60. The van der Waals surface area contributed by atoms with Gasteiger partial charge in [0.2, 0.25) is 5.91 Å². The van der Waals surface area contributed by atoms with Gasteiger partial charge in [-0.25, -0.2) is 9.59 Å². The predicted octanol–water partition coefficient (Wildman–Crippen LogP) is 0.156. The second-order valence-electron chi connectivity index (χ2n) is 4.31. The normalized spacial score (nSPS) is 11.3. The molecule has 0 aliphatic rings. The predicted molar refractivity (Wildman–Crippen MR) is 72.4 cm³/mol. The van der Waals surface area contributed by atoms with Gasteiger partial charge in [0.15, 0.2) is 6.61 Å². The summed E-state index contributed by atoms with van der Waals surface area (Å²) in [5.41, 5.74) is 0.724. The molecule has 1 aromatic rings. The molecule has 2 N–H and O–H groups in total. The molecule has 7 nitrogen and oxygen atoms in total. The SMILES string of the molecule is COC(=O)COC(=O)[C@@H](Cc1ccc(O)cc1)NC(C)=O. The van der Waals surface area contributed by atoms with Crippen molar-refractivity contribution in [3.8, 4) is 5.75 Å². The maximum Gasteiger partial charge on any atom is 0.344 e. The Balaban J connectivity index is 2.70. The first-order valence-electron chi connectivity index (χ1n) is 6.21.